The highest BCUT2D eigenvalue weighted by molar-refractivity contribution is 6.31. The zero-order valence-corrected chi connectivity index (χ0v) is 9.17. The maximum absolute atomic E-state index is 13.7. The fourth-order valence-corrected chi connectivity index (χ4v) is 1.85. The van der Waals surface area contributed by atoms with Crippen LogP contribution in [-0.4, -0.2) is 0 Å². The number of halogens is 2. The van der Waals surface area contributed by atoms with Gasteiger partial charge in [0.25, 0.3) is 0 Å². The summed E-state index contributed by atoms with van der Waals surface area (Å²) in [5.74, 6) is -0.0215. The molecule has 0 nitrogen and oxygen atoms in total. The first-order valence-corrected chi connectivity index (χ1v) is 4.78. The van der Waals surface area contributed by atoms with Crippen LogP contribution in [0.25, 0.3) is 0 Å². The van der Waals surface area contributed by atoms with Gasteiger partial charge in [-0.05, 0) is 37.0 Å². The molecule has 2 heteroatoms. The van der Waals surface area contributed by atoms with Crippen LogP contribution in [0, 0.1) is 19.7 Å². The van der Waals surface area contributed by atoms with E-state index in [0.717, 1.165) is 5.56 Å². The maximum atomic E-state index is 13.7. The van der Waals surface area contributed by atoms with Gasteiger partial charge in [-0.3, -0.25) is 0 Å². The van der Waals surface area contributed by atoms with E-state index in [1.54, 1.807) is 6.92 Å². The lowest BCUT2D eigenvalue weighted by Gasteiger charge is -2.13. The van der Waals surface area contributed by atoms with E-state index >= 15 is 0 Å². The standard InChI is InChI=1S/C11H14ClF/c1-6(2)10-9(12)5-7(3)8(4)11(10)13/h5-6H,1-4H3. The van der Waals surface area contributed by atoms with Gasteiger partial charge in [0.05, 0.1) is 0 Å². The number of benzene rings is 1. The van der Waals surface area contributed by atoms with Crippen molar-refractivity contribution in [3.8, 4) is 0 Å². The molecule has 0 radical (unpaired) electrons. The molecule has 0 aliphatic heterocycles. The SMILES string of the molecule is Cc1cc(Cl)c(C(C)C)c(F)c1C. The third-order valence-electron chi connectivity index (χ3n) is 2.34. The number of aryl methyl sites for hydroxylation is 1. The fourth-order valence-electron chi connectivity index (χ4n) is 1.39. The zero-order valence-electron chi connectivity index (χ0n) is 8.41. The van der Waals surface area contributed by atoms with Gasteiger partial charge in [-0.2, -0.15) is 0 Å². The molecule has 72 valence electrons. The van der Waals surface area contributed by atoms with Gasteiger partial charge in [0, 0.05) is 10.6 Å². The Morgan fingerprint density at radius 2 is 1.85 bits per heavy atom. The van der Waals surface area contributed by atoms with Gasteiger partial charge in [0.1, 0.15) is 5.82 Å². The summed E-state index contributed by atoms with van der Waals surface area (Å²) in [5.41, 5.74) is 2.24. The van der Waals surface area contributed by atoms with E-state index in [1.165, 1.54) is 0 Å². The predicted octanol–water partition coefficient (Wildman–Crippen LogP) is 4.22. The van der Waals surface area contributed by atoms with Crippen molar-refractivity contribution in [3.05, 3.63) is 33.6 Å². The molecule has 1 aromatic carbocycles. The van der Waals surface area contributed by atoms with Gasteiger partial charge in [0.2, 0.25) is 0 Å². The number of hydrogen-bond donors (Lipinski definition) is 0. The molecule has 13 heavy (non-hydrogen) atoms. The average Bonchev–Trinajstić information content (AvgIpc) is 1.99. The molecule has 0 atom stereocenters. The molecular formula is C11H14ClF. The second kappa shape index (κ2) is 3.67. The van der Waals surface area contributed by atoms with E-state index in [-0.39, 0.29) is 11.7 Å². The molecule has 0 saturated carbocycles. The number of hydrogen-bond acceptors (Lipinski definition) is 0. The Morgan fingerprint density at radius 3 is 2.31 bits per heavy atom. The summed E-state index contributed by atoms with van der Waals surface area (Å²) < 4.78 is 13.7. The predicted molar refractivity (Wildman–Crippen MR) is 55.0 cm³/mol. The first-order chi connectivity index (χ1) is 5.95. The van der Waals surface area contributed by atoms with Crippen LogP contribution in [0.3, 0.4) is 0 Å². The fraction of sp³-hybridized carbons (Fsp3) is 0.455. The van der Waals surface area contributed by atoms with Gasteiger partial charge in [0.15, 0.2) is 0 Å². The van der Waals surface area contributed by atoms with E-state index in [9.17, 15) is 4.39 Å². The van der Waals surface area contributed by atoms with Crippen molar-refractivity contribution in [2.24, 2.45) is 0 Å². The van der Waals surface area contributed by atoms with Gasteiger partial charge >= 0.3 is 0 Å². The Morgan fingerprint density at radius 1 is 1.31 bits per heavy atom. The minimum absolute atomic E-state index is 0.131. The van der Waals surface area contributed by atoms with Crippen LogP contribution < -0.4 is 0 Å². The number of rotatable bonds is 1. The van der Waals surface area contributed by atoms with Crippen molar-refractivity contribution in [2.75, 3.05) is 0 Å². The second-order valence-corrected chi connectivity index (χ2v) is 4.09. The second-order valence-electron chi connectivity index (χ2n) is 3.68. The molecule has 0 N–H and O–H groups in total. The van der Waals surface area contributed by atoms with Crippen LogP contribution in [-0.2, 0) is 0 Å². The molecule has 0 saturated heterocycles. The molecule has 1 rings (SSSR count). The summed E-state index contributed by atoms with van der Waals surface area (Å²) in [7, 11) is 0. The first kappa shape index (κ1) is 10.5. The van der Waals surface area contributed by atoms with Crippen LogP contribution in [0.15, 0.2) is 6.07 Å². The van der Waals surface area contributed by atoms with Crippen molar-refractivity contribution < 1.29 is 4.39 Å². The van der Waals surface area contributed by atoms with E-state index in [1.807, 2.05) is 26.8 Å². The van der Waals surface area contributed by atoms with Gasteiger partial charge in [-0.25, -0.2) is 4.39 Å². The smallest absolute Gasteiger partial charge is 0.131 e. The van der Waals surface area contributed by atoms with Crippen molar-refractivity contribution in [3.63, 3.8) is 0 Å². The highest BCUT2D eigenvalue weighted by Gasteiger charge is 2.14. The van der Waals surface area contributed by atoms with E-state index in [4.69, 9.17) is 11.6 Å². The van der Waals surface area contributed by atoms with Gasteiger partial charge in [-0.15, -0.1) is 0 Å². The molecule has 0 fully saturated rings. The maximum Gasteiger partial charge on any atom is 0.131 e. The summed E-state index contributed by atoms with van der Waals surface area (Å²) in [6.45, 7) is 7.54. The molecule has 0 aliphatic rings. The third kappa shape index (κ3) is 1.86. The van der Waals surface area contributed by atoms with Crippen LogP contribution in [0.2, 0.25) is 5.02 Å². The van der Waals surface area contributed by atoms with Crippen molar-refractivity contribution in [2.45, 2.75) is 33.6 Å². The minimum Gasteiger partial charge on any atom is -0.206 e. The molecule has 0 aromatic heterocycles. The Balaban J connectivity index is 3.44. The molecule has 0 amide bonds. The molecular weight excluding hydrogens is 187 g/mol. The molecule has 1 aromatic rings. The van der Waals surface area contributed by atoms with Gasteiger partial charge in [-0.1, -0.05) is 25.4 Å². The molecule has 0 bridgehead atoms. The molecule has 0 unspecified atom stereocenters. The monoisotopic (exact) mass is 200 g/mol. The molecule has 0 spiro atoms. The Kier molecular flexibility index (Phi) is 2.97. The van der Waals surface area contributed by atoms with Crippen molar-refractivity contribution in [1.82, 2.24) is 0 Å². The Bertz CT molecular complexity index is 329. The highest BCUT2D eigenvalue weighted by Crippen LogP contribution is 2.30. The molecule has 0 aliphatic carbocycles. The summed E-state index contributed by atoms with van der Waals surface area (Å²) in [6.07, 6.45) is 0. The lowest BCUT2D eigenvalue weighted by atomic mass is 9.97. The third-order valence-corrected chi connectivity index (χ3v) is 2.65. The lowest BCUT2D eigenvalue weighted by Crippen LogP contribution is -1.99. The summed E-state index contributed by atoms with van der Waals surface area (Å²) >= 11 is 5.96. The zero-order chi connectivity index (χ0) is 10.2. The minimum atomic E-state index is -0.153. The lowest BCUT2D eigenvalue weighted by molar-refractivity contribution is 0.588. The quantitative estimate of drug-likeness (QED) is 0.637. The molecule has 0 heterocycles. The van der Waals surface area contributed by atoms with E-state index in [0.29, 0.717) is 16.1 Å². The Hall–Kier alpha value is -0.560. The topological polar surface area (TPSA) is 0 Å². The van der Waals surface area contributed by atoms with Gasteiger partial charge < -0.3 is 0 Å². The van der Waals surface area contributed by atoms with E-state index in [2.05, 4.69) is 0 Å². The van der Waals surface area contributed by atoms with Crippen LogP contribution in [0.1, 0.15) is 36.5 Å². The summed E-state index contributed by atoms with van der Waals surface area (Å²) in [6, 6.07) is 1.83. The highest BCUT2D eigenvalue weighted by atomic mass is 35.5. The first-order valence-electron chi connectivity index (χ1n) is 4.40. The summed E-state index contributed by atoms with van der Waals surface area (Å²) in [4.78, 5) is 0. The largest absolute Gasteiger partial charge is 0.206 e. The summed E-state index contributed by atoms with van der Waals surface area (Å²) in [5, 5.41) is 0.538. The van der Waals surface area contributed by atoms with Crippen molar-refractivity contribution in [1.29, 1.82) is 0 Å². The van der Waals surface area contributed by atoms with E-state index < -0.39 is 0 Å². The van der Waals surface area contributed by atoms with Crippen LogP contribution >= 0.6 is 11.6 Å². The van der Waals surface area contributed by atoms with Crippen LogP contribution in [0.4, 0.5) is 4.39 Å². The normalized spacial score (nSPS) is 11.0. The van der Waals surface area contributed by atoms with Crippen LogP contribution in [0.5, 0.6) is 0 Å². The van der Waals surface area contributed by atoms with Crippen molar-refractivity contribution >= 4 is 11.6 Å². The average molecular weight is 201 g/mol. The Labute approximate surface area is 83.7 Å².